The summed E-state index contributed by atoms with van der Waals surface area (Å²) in [5.41, 5.74) is 2.78. The number of carbonyl (C=O) groups excluding carboxylic acids is 2. The molecule has 5 nitrogen and oxygen atoms in total. The van der Waals surface area contributed by atoms with Gasteiger partial charge in [-0.2, -0.15) is 0 Å². The van der Waals surface area contributed by atoms with Crippen molar-refractivity contribution in [2.75, 3.05) is 5.32 Å². The van der Waals surface area contributed by atoms with Crippen LogP contribution in [0, 0.1) is 6.92 Å². The number of nitrogens with one attached hydrogen (secondary N) is 1. The van der Waals surface area contributed by atoms with Gasteiger partial charge in [-0.15, -0.1) is 11.3 Å². The van der Waals surface area contributed by atoms with Crippen LogP contribution in [-0.2, 0) is 16.1 Å². The molecular formula is C18H16N2O3S. The van der Waals surface area contributed by atoms with Gasteiger partial charge in [-0.3, -0.25) is 4.79 Å². The highest BCUT2D eigenvalue weighted by molar-refractivity contribution is 7.18. The van der Waals surface area contributed by atoms with Gasteiger partial charge in [-0.25, -0.2) is 9.78 Å². The van der Waals surface area contributed by atoms with Crippen molar-refractivity contribution in [1.29, 1.82) is 0 Å². The third-order valence-electron chi connectivity index (χ3n) is 3.45. The number of para-hydroxylation sites is 1. The van der Waals surface area contributed by atoms with Crippen LogP contribution in [0.15, 0.2) is 42.5 Å². The van der Waals surface area contributed by atoms with E-state index in [1.807, 2.05) is 31.2 Å². The number of esters is 1. The number of benzene rings is 2. The molecule has 0 spiro atoms. The number of aryl methyl sites for hydroxylation is 1. The molecule has 0 aliphatic heterocycles. The van der Waals surface area contributed by atoms with Crippen molar-refractivity contribution in [2.45, 2.75) is 20.5 Å². The molecule has 0 fully saturated rings. The van der Waals surface area contributed by atoms with E-state index in [1.54, 1.807) is 18.2 Å². The van der Waals surface area contributed by atoms with Gasteiger partial charge in [0.15, 0.2) is 0 Å². The maximum Gasteiger partial charge on any atom is 0.338 e. The van der Waals surface area contributed by atoms with E-state index in [0.717, 1.165) is 20.8 Å². The summed E-state index contributed by atoms with van der Waals surface area (Å²) < 4.78 is 6.40. The van der Waals surface area contributed by atoms with Gasteiger partial charge in [0.25, 0.3) is 0 Å². The fourth-order valence-electron chi connectivity index (χ4n) is 2.27. The molecule has 122 valence electrons. The Labute approximate surface area is 143 Å². The lowest BCUT2D eigenvalue weighted by Crippen LogP contribution is -2.10. The number of anilines is 1. The van der Waals surface area contributed by atoms with Crippen LogP contribution < -0.4 is 5.32 Å². The number of aromatic nitrogens is 1. The first kappa shape index (κ1) is 16.1. The molecule has 1 amide bonds. The molecule has 24 heavy (non-hydrogen) atoms. The Bertz CT molecular complexity index is 885. The number of carbonyl (C=O) groups is 2. The second-order valence-corrected chi connectivity index (χ2v) is 6.48. The lowest BCUT2D eigenvalue weighted by Gasteiger charge is -2.09. The van der Waals surface area contributed by atoms with Crippen LogP contribution in [0.2, 0.25) is 0 Å². The zero-order chi connectivity index (χ0) is 17.1. The standard InChI is InChI=1S/C18H16N2O3S/c1-11-7-8-13(9-15(11)19-12(2)21)18(22)23-10-17-20-14-5-3-4-6-16(14)24-17/h3-9H,10H2,1-2H3,(H,19,21). The maximum absolute atomic E-state index is 12.2. The number of rotatable bonds is 4. The second-order valence-electron chi connectivity index (χ2n) is 5.36. The van der Waals surface area contributed by atoms with Gasteiger partial charge in [0.2, 0.25) is 5.91 Å². The minimum absolute atomic E-state index is 0.127. The van der Waals surface area contributed by atoms with Crippen LogP contribution in [0.25, 0.3) is 10.2 Å². The fourth-order valence-corrected chi connectivity index (χ4v) is 3.15. The Morgan fingerprint density at radius 1 is 1.21 bits per heavy atom. The van der Waals surface area contributed by atoms with Crippen LogP contribution in [0.3, 0.4) is 0 Å². The molecule has 1 aromatic heterocycles. The molecule has 0 unspecified atom stereocenters. The van der Waals surface area contributed by atoms with E-state index in [2.05, 4.69) is 10.3 Å². The lowest BCUT2D eigenvalue weighted by molar-refractivity contribution is -0.114. The average molecular weight is 340 g/mol. The Morgan fingerprint density at radius 2 is 2.00 bits per heavy atom. The molecule has 0 aliphatic rings. The molecule has 0 saturated carbocycles. The van der Waals surface area contributed by atoms with Gasteiger partial charge in [-0.1, -0.05) is 18.2 Å². The summed E-state index contributed by atoms with van der Waals surface area (Å²) in [5, 5.41) is 3.45. The third kappa shape index (κ3) is 3.60. The molecule has 0 bridgehead atoms. The molecule has 1 heterocycles. The summed E-state index contributed by atoms with van der Waals surface area (Å²) >= 11 is 1.50. The highest BCUT2D eigenvalue weighted by Gasteiger charge is 2.12. The molecule has 2 aromatic carbocycles. The first-order valence-corrected chi connectivity index (χ1v) is 8.24. The van der Waals surface area contributed by atoms with E-state index in [9.17, 15) is 9.59 Å². The van der Waals surface area contributed by atoms with E-state index >= 15 is 0 Å². The van der Waals surface area contributed by atoms with Crippen LogP contribution in [0.5, 0.6) is 0 Å². The Morgan fingerprint density at radius 3 is 2.75 bits per heavy atom. The van der Waals surface area contributed by atoms with Crippen molar-refractivity contribution in [2.24, 2.45) is 0 Å². The normalized spacial score (nSPS) is 10.6. The minimum atomic E-state index is -0.444. The third-order valence-corrected chi connectivity index (χ3v) is 4.46. The lowest BCUT2D eigenvalue weighted by atomic mass is 10.1. The van der Waals surface area contributed by atoms with E-state index in [0.29, 0.717) is 11.3 Å². The van der Waals surface area contributed by atoms with Crippen LogP contribution in [0.4, 0.5) is 5.69 Å². The second kappa shape index (κ2) is 6.80. The number of nitrogens with zero attached hydrogens (tertiary/aromatic N) is 1. The molecular weight excluding hydrogens is 324 g/mol. The summed E-state index contributed by atoms with van der Waals surface area (Å²) in [6.45, 7) is 3.42. The highest BCUT2D eigenvalue weighted by atomic mass is 32.1. The quantitative estimate of drug-likeness (QED) is 0.731. The van der Waals surface area contributed by atoms with Crippen molar-refractivity contribution in [3.8, 4) is 0 Å². The van der Waals surface area contributed by atoms with Gasteiger partial charge in [0.05, 0.1) is 15.8 Å². The summed E-state index contributed by atoms with van der Waals surface area (Å²) in [7, 11) is 0. The van der Waals surface area contributed by atoms with Crippen LogP contribution in [-0.4, -0.2) is 16.9 Å². The highest BCUT2D eigenvalue weighted by Crippen LogP contribution is 2.23. The Balaban J connectivity index is 1.71. The molecule has 0 radical (unpaired) electrons. The molecule has 1 N–H and O–H groups in total. The van der Waals surface area contributed by atoms with Gasteiger partial charge >= 0.3 is 5.97 Å². The zero-order valence-corrected chi connectivity index (χ0v) is 14.1. The van der Waals surface area contributed by atoms with E-state index in [4.69, 9.17) is 4.74 Å². The molecule has 3 aromatic rings. The number of fused-ring (bicyclic) bond motifs is 1. The minimum Gasteiger partial charge on any atom is -0.455 e. The molecule has 6 heteroatoms. The zero-order valence-electron chi connectivity index (χ0n) is 13.3. The van der Waals surface area contributed by atoms with Gasteiger partial charge in [0.1, 0.15) is 11.6 Å². The number of thiazole rings is 1. The smallest absolute Gasteiger partial charge is 0.338 e. The van der Waals surface area contributed by atoms with Crippen molar-refractivity contribution in [1.82, 2.24) is 4.98 Å². The van der Waals surface area contributed by atoms with Crippen molar-refractivity contribution >= 4 is 39.1 Å². The topological polar surface area (TPSA) is 68.3 Å². The Kier molecular flexibility index (Phi) is 4.57. The van der Waals surface area contributed by atoms with Gasteiger partial charge < -0.3 is 10.1 Å². The monoisotopic (exact) mass is 340 g/mol. The predicted octanol–water partition coefficient (Wildman–Crippen LogP) is 3.92. The van der Waals surface area contributed by atoms with Crippen molar-refractivity contribution in [3.05, 3.63) is 58.6 Å². The largest absolute Gasteiger partial charge is 0.455 e. The summed E-state index contributed by atoms with van der Waals surface area (Å²) in [4.78, 5) is 27.9. The van der Waals surface area contributed by atoms with Crippen LogP contribution >= 0.6 is 11.3 Å². The fraction of sp³-hybridized carbons (Fsp3) is 0.167. The first-order chi connectivity index (χ1) is 11.5. The van der Waals surface area contributed by atoms with E-state index < -0.39 is 5.97 Å². The SMILES string of the molecule is CC(=O)Nc1cc(C(=O)OCc2nc3ccccc3s2)ccc1C. The summed E-state index contributed by atoms with van der Waals surface area (Å²) in [6, 6.07) is 12.9. The van der Waals surface area contributed by atoms with E-state index in [1.165, 1.54) is 18.3 Å². The van der Waals surface area contributed by atoms with Crippen LogP contribution in [0.1, 0.15) is 27.9 Å². The molecule has 0 atom stereocenters. The number of amides is 1. The maximum atomic E-state index is 12.2. The number of ether oxygens (including phenoxy) is 1. The summed E-state index contributed by atoms with van der Waals surface area (Å²) in [5.74, 6) is -0.626. The van der Waals surface area contributed by atoms with Gasteiger partial charge in [-0.05, 0) is 36.8 Å². The molecule has 3 rings (SSSR count). The number of hydrogen-bond donors (Lipinski definition) is 1. The van der Waals surface area contributed by atoms with Gasteiger partial charge in [0, 0.05) is 12.6 Å². The number of hydrogen-bond acceptors (Lipinski definition) is 5. The predicted molar refractivity (Wildman–Crippen MR) is 94.2 cm³/mol. The Hall–Kier alpha value is -2.73. The molecule has 0 saturated heterocycles. The molecule has 0 aliphatic carbocycles. The average Bonchev–Trinajstić information content (AvgIpc) is 2.97. The summed E-state index contributed by atoms with van der Waals surface area (Å²) in [6.07, 6.45) is 0. The van der Waals surface area contributed by atoms with E-state index in [-0.39, 0.29) is 12.5 Å². The first-order valence-electron chi connectivity index (χ1n) is 7.43. The van der Waals surface area contributed by atoms with Crippen molar-refractivity contribution in [3.63, 3.8) is 0 Å². The van der Waals surface area contributed by atoms with Crippen molar-refractivity contribution < 1.29 is 14.3 Å².